The zero-order chi connectivity index (χ0) is 16.1. The van der Waals surface area contributed by atoms with Crippen molar-refractivity contribution in [1.29, 1.82) is 5.26 Å². The summed E-state index contributed by atoms with van der Waals surface area (Å²) in [6.07, 6.45) is 7.48. The molecule has 3 rings (SSSR count). The Hall–Kier alpha value is -2.39. The first-order valence-electron chi connectivity index (χ1n) is 7.97. The largest absolute Gasteiger partial charge is 0.352 e. The molecule has 1 fully saturated rings. The molecular formula is C17H20FN5. The van der Waals surface area contributed by atoms with Gasteiger partial charge in [0.25, 0.3) is 0 Å². The van der Waals surface area contributed by atoms with E-state index in [0.29, 0.717) is 5.69 Å². The normalized spacial score (nSPS) is 15.3. The molecule has 0 radical (unpaired) electrons. The quantitative estimate of drug-likeness (QED) is 0.921. The lowest BCUT2D eigenvalue weighted by Crippen LogP contribution is -2.32. The minimum Gasteiger partial charge on any atom is -0.352 e. The molecule has 0 amide bonds. The molecule has 1 aliphatic rings. The molecule has 120 valence electrons. The Morgan fingerprint density at radius 2 is 2.04 bits per heavy atom. The monoisotopic (exact) mass is 313 g/mol. The van der Waals surface area contributed by atoms with Gasteiger partial charge in [-0.25, -0.2) is 4.39 Å². The lowest BCUT2D eigenvalue weighted by Gasteiger charge is -2.26. The van der Waals surface area contributed by atoms with Gasteiger partial charge in [0.15, 0.2) is 0 Å². The zero-order valence-corrected chi connectivity index (χ0v) is 13.0. The summed E-state index contributed by atoms with van der Waals surface area (Å²) in [5.41, 5.74) is 1.24. The molecule has 1 saturated heterocycles. The SMILES string of the molecule is N#Cc1c(F)cccc1Nc1cnn(CCN2CCCCC2)c1. The average molecular weight is 313 g/mol. The van der Waals surface area contributed by atoms with Crippen molar-refractivity contribution in [3.8, 4) is 6.07 Å². The number of hydrogen-bond donors (Lipinski definition) is 1. The number of nitrogens with one attached hydrogen (secondary N) is 1. The minimum atomic E-state index is -0.519. The highest BCUT2D eigenvalue weighted by atomic mass is 19.1. The van der Waals surface area contributed by atoms with E-state index >= 15 is 0 Å². The van der Waals surface area contributed by atoms with Gasteiger partial charge in [-0.2, -0.15) is 10.4 Å². The van der Waals surface area contributed by atoms with Crippen LogP contribution >= 0.6 is 0 Å². The molecular weight excluding hydrogens is 293 g/mol. The zero-order valence-electron chi connectivity index (χ0n) is 13.0. The number of anilines is 2. The maximum atomic E-state index is 13.6. The lowest BCUT2D eigenvalue weighted by atomic mass is 10.1. The van der Waals surface area contributed by atoms with Crippen LogP contribution < -0.4 is 5.32 Å². The number of nitriles is 1. The predicted molar refractivity (Wildman–Crippen MR) is 86.9 cm³/mol. The van der Waals surface area contributed by atoms with Crippen molar-refractivity contribution >= 4 is 11.4 Å². The summed E-state index contributed by atoms with van der Waals surface area (Å²) in [5.74, 6) is -0.519. The van der Waals surface area contributed by atoms with Crippen LogP contribution in [-0.2, 0) is 6.54 Å². The fourth-order valence-electron chi connectivity index (χ4n) is 2.87. The Morgan fingerprint density at radius 3 is 2.83 bits per heavy atom. The fourth-order valence-corrected chi connectivity index (χ4v) is 2.87. The molecule has 5 nitrogen and oxygen atoms in total. The molecule has 2 heterocycles. The van der Waals surface area contributed by atoms with Crippen molar-refractivity contribution in [2.24, 2.45) is 0 Å². The summed E-state index contributed by atoms with van der Waals surface area (Å²) in [7, 11) is 0. The van der Waals surface area contributed by atoms with Gasteiger partial charge in [-0.1, -0.05) is 12.5 Å². The second-order valence-corrected chi connectivity index (χ2v) is 5.79. The second-order valence-electron chi connectivity index (χ2n) is 5.79. The van der Waals surface area contributed by atoms with E-state index < -0.39 is 5.82 Å². The van der Waals surface area contributed by atoms with Crippen molar-refractivity contribution in [3.05, 3.63) is 42.0 Å². The predicted octanol–water partition coefficient (Wildman–Crippen LogP) is 3.12. The van der Waals surface area contributed by atoms with Crippen molar-refractivity contribution in [2.45, 2.75) is 25.8 Å². The van der Waals surface area contributed by atoms with Gasteiger partial charge in [0, 0.05) is 12.7 Å². The summed E-state index contributed by atoms with van der Waals surface area (Å²) in [4.78, 5) is 2.46. The van der Waals surface area contributed by atoms with Crippen molar-refractivity contribution in [1.82, 2.24) is 14.7 Å². The first-order chi connectivity index (χ1) is 11.3. The second kappa shape index (κ2) is 7.25. The lowest BCUT2D eigenvalue weighted by molar-refractivity contribution is 0.218. The first kappa shape index (κ1) is 15.5. The molecule has 1 N–H and O–H groups in total. The Balaban J connectivity index is 1.61. The fraction of sp³-hybridized carbons (Fsp3) is 0.412. The van der Waals surface area contributed by atoms with Gasteiger partial charge in [0.2, 0.25) is 0 Å². The summed E-state index contributed by atoms with van der Waals surface area (Å²) in [5, 5.41) is 16.4. The van der Waals surface area contributed by atoms with E-state index in [9.17, 15) is 4.39 Å². The topological polar surface area (TPSA) is 56.9 Å². The summed E-state index contributed by atoms with van der Waals surface area (Å²) >= 11 is 0. The van der Waals surface area contributed by atoms with Crippen LogP contribution in [0, 0.1) is 17.1 Å². The Kier molecular flexibility index (Phi) is 4.89. The maximum absolute atomic E-state index is 13.6. The molecule has 2 aromatic rings. The van der Waals surface area contributed by atoms with Gasteiger partial charge < -0.3 is 10.2 Å². The number of likely N-dealkylation sites (tertiary alicyclic amines) is 1. The van der Waals surface area contributed by atoms with Crippen LogP contribution in [-0.4, -0.2) is 34.3 Å². The van der Waals surface area contributed by atoms with E-state index in [0.717, 1.165) is 18.8 Å². The molecule has 0 spiro atoms. The summed E-state index contributed by atoms with van der Waals surface area (Å²) < 4.78 is 15.5. The van der Waals surface area contributed by atoms with E-state index in [1.54, 1.807) is 18.3 Å². The Morgan fingerprint density at radius 1 is 1.22 bits per heavy atom. The molecule has 1 aromatic carbocycles. The van der Waals surface area contributed by atoms with Crippen molar-refractivity contribution in [3.63, 3.8) is 0 Å². The van der Waals surface area contributed by atoms with Crippen LogP contribution in [0.3, 0.4) is 0 Å². The van der Waals surface area contributed by atoms with Crippen molar-refractivity contribution in [2.75, 3.05) is 25.0 Å². The molecule has 6 heteroatoms. The third-order valence-electron chi connectivity index (χ3n) is 4.13. The highest BCUT2D eigenvalue weighted by Crippen LogP contribution is 2.22. The van der Waals surface area contributed by atoms with Crippen molar-refractivity contribution < 1.29 is 4.39 Å². The molecule has 0 atom stereocenters. The third-order valence-corrected chi connectivity index (χ3v) is 4.13. The molecule has 23 heavy (non-hydrogen) atoms. The smallest absolute Gasteiger partial charge is 0.143 e. The number of piperidine rings is 1. The minimum absolute atomic E-state index is 0.0218. The highest BCUT2D eigenvalue weighted by Gasteiger charge is 2.11. The molecule has 1 aromatic heterocycles. The van der Waals surface area contributed by atoms with E-state index in [4.69, 9.17) is 5.26 Å². The molecule has 0 saturated carbocycles. The van der Waals surface area contributed by atoms with E-state index in [-0.39, 0.29) is 5.56 Å². The number of aromatic nitrogens is 2. The van der Waals surface area contributed by atoms with Crippen LogP contribution in [0.25, 0.3) is 0 Å². The summed E-state index contributed by atoms with van der Waals surface area (Å²) in [6.45, 7) is 4.16. The van der Waals surface area contributed by atoms with Crippen LogP contribution in [0.5, 0.6) is 0 Å². The number of rotatable bonds is 5. The van der Waals surface area contributed by atoms with E-state index in [1.165, 1.54) is 38.4 Å². The van der Waals surface area contributed by atoms with Gasteiger partial charge in [-0.05, 0) is 38.1 Å². The maximum Gasteiger partial charge on any atom is 0.143 e. The van der Waals surface area contributed by atoms with Crippen LogP contribution in [0.15, 0.2) is 30.6 Å². The molecule has 0 aliphatic carbocycles. The number of benzene rings is 1. The van der Waals surface area contributed by atoms with Gasteiger partial charge in [-0.3, -0.25) is 4.68 Å². The first-order valence-corrected chi connectivity index (χ1v) is 7.97. The number of nitrogens with zero attached hydrogens (tertiary/aromatic N) is 4. The molecule has 0 bridgehead atoms. The molecule has 0 unspecified atom stereocenters. The standard InChI is InChI=1S/C17H20FN5/c18-16-5-4-6-17(15(16)11-19)21-14-12-20-23(13-14)10-9-22-7-2-1-3-8-22/h4-6,12-13,21H,1-3,7-10H2. The Bertz CT molecular complexity index is 697. The van der Waals surface area contributed by atoms with E-state index in [1.807, 2.05) is 16.9 Å². The van der Waals surface area contributed by atoms with Crippen LogP contribution in [0.4, 0.5) is 15.8 Å². The van der Waals surface area contributed by atoms with Gasteiger partial charge >= 0.3 is 0 Å². The van der Waals surface area contributed by atoms with E-state index in [2.05, 4.69) is 15.3 Å². The highest BCUT2D eigenvalue weighted by molar-refractivity contribution is 5.65. The number of hydrogen-bond acceptors (Lipinski definition) is 4. The van der Waals surface area contributed by atoms with Gasteiger partial charge in [-0.15, -0.1) is 0 Å². The van der Waals surface area contributed by atoms with Gasteiger partial charge in [0.05, 0.1) is 24.1 Å². The number of halogens is 1. The van der Waals surface area contributed by atoms with Crippen LogP contribution in [0.1, 0.15) is 24.8 Å². The molecule has 1 aliphatic heterocycles. The van der Waals surface area contributed by atoms with Gasteiger partial charge in [0.1, 0.15) is 17.4 Å². The Labute approximate surface area is 135 Å². The average Bonchev–Trinajstić information content (AvgIpc) is 3.02. The van der Waals surface area contributed by atoms with Crippen LogP contribution in [0.2, 0.25) is 0 Å². The summed E-state index contributed by atoms with van der Waals surface area (Å²) in [6, 6.07) is 6.44. The third kappa shape index (κ3) is 3.88.